The van der Waals surface area contributed by atoms with E-state index >= 15 is 0 Å². The lowest BCUT2D eigenvalue weighted by Crippen LogP contribution is -1.96. The molecule has 0 saturated heterocycles. The Labute approximate surface area is 89.3 Å². The normalized spacial score (nSPS) is 10.5. The van der Waals surface area contributed by atoms with Crippen LogP contribution in [0.2, 0.25) is 0 Å². The fourth-order valence-electron chi connectivity index (χ4n) is 1.27. The van der Waals surface area contributed by atoms with Gasteiger partial charge in [0.15, 0.2) is 11.5 Å². The van der Waals surface area contributed by atoms with Crippen LogP contribution in [0.25, 0.3) is 10.1 Å². The number of aromatic hydroxyl groups is 2. The lowest BCUT2D eigenvalue weighted by Gasteiger charge is -1.95. The first kappa shape index (κ1) is 9.79. The van der Waals surface area contributed by atoms with Crippen LogP contribution in [-0.2, 0) is 4.74 Å². The molecule has 0 fully saturated rings. The van der Waals surface area contributed by atoms with E-state index in [0.717, 1.165) is 4.70 Å². The maximum Gasteiger partial charge on any atom is 0.348 e. The molecule has 1 aromatic carbocycles. The Morgan fingerprint density at radius 2 is 1.93 bits per heavy atom. The van der Waals surface area contributed by atoms with E-state index in [1.54, 1.807) is 6.07 Å². The molecule has 78 valence electrons. The van der Waals surface area contributed by atoms with E-state index in [1.165, 1.54) is 30.6 Å². The highest BCUT2D eigenvalue weighted by atomic mass is 32.1. The van der Waals surface area contributed by atoms with Crippen molar-refractivity contribution in [1.82, 2.24) is 0 Å². The second-order valence-corrected chi connectivity index (χ2v) is 4.06. The van der Waals surface area contributed by atoms with Gasteiger partial charge < -0.3 is 14.9 Å². The number of ether oxygens (including phenoxy) is 1. The number of methoxy groups -OCH3 is 1. The molecule has 0 aliphatic rings. The molecule has 0 radical (unpaired) electrons. The molecule has 0 saturated carbocycles. The van der Waals surface area contributed by atoms with Gasteiger partial charge in [-0.15, -0.1) is 11.3 Å². The Morgan fingerprint density at radius 3 is 2.60 bits per heavy atom. The van der Waals surface area contributed by atoms with Crippen LogP contribution in [-0.4, -0.2) is 23.3 Å². The van der Waals surface area contributed by atoms with Gasteiger partial charge in [0.1, 0.15) is 4.88 Å². The Balaban J connectivity index is 2.61. The van der Waals surface area contributed by atoms with Gasteiger partial charge in [-0.25, -0.2) is 4.79 Å². The number of hydrogen-bond acceptors (Lipinski definition) is 5. The number of carbonyl (C=O) groups excluding carboxylic acids is 1. The number of benzene rings is 1. The molecule has 0 spiro atoms. The number of thiophene rings is 1. The van der Waals surface area contributed by atoms with Crippen molar-refractivity contribution in [2.45, 2.75) is 0 Å². The first-order valence-electron chi connectivity index (χ1n) is 4.15. The van der Waals surface area contributed by atoms with Crippen molar-refractivity contribution in [3.8, 4) is 11.5 Å². The highest BCUT2D eigenvalue weighted by molar-refractivity contribution is 7.20. The van der Waals surface area contributed by atoms with Crippen LogP contribution in [0.3, 0.4) is 0 Å². The van der Waals surface area contributed by atoms with Crippen LogP contribution in [0, 0.1) is 0 Å². The topological polar surface area (TPSA) is 66.8 Å². The SMILES string of the molecule is COC(=O)c1cc2cc(O)c(O)cc2s1. The van der Waals surface area contributed by atoms with Crippen LogP contribution in [0.1, 0.15) is 9.67 Å². The fraction of sp³-hybridized carbons (Fsp3) is 0.100. The highest BCUT2D eigenvalue weighted by Crippen LogP contribution is 2.35. The van der Waals surface area contributed by atoms with E-state index in [-0.39, 0.29) is 11.5 Å². The van der Waals surface area contributed by atoms with Gasteiger partial charge in [-0.2, -0.15) is 0 Å². The third kappa shape index (κ3) is 1.61. The maximum atomic E-state index is 11.2. The Bertz CT molecular complexity index is 490. The van der Waals surface area contributed by atoms with Crippen LogP contribution < -0.4 is 0 Å². The molecule has 0 unspecified atom stereocenters. The predicted octanol–water partition coefficient (Wildman–Crippen LogP) is 2.10. The number of fused-ring (bicyclic) bond motifs is 1. The standard InChI is InChI=1S/C10H8O4S/c1-14-10(13)9-3-5-2-6(11)7(12)4-8(5)15-9/h2-4,11-12H,1H3. The van der Waals surface area contributed by atoms with Crippen molar-refractivity contribution in [2.24, 2.45) is 0 Å². The number of phenolic OH excluding ortho intramolecular Hbond substituents is 2. The Kier molecular flexibility index (Phi) is 2.24. The molecule has 0 bridgehead atoms. The van der Waals surface area contributed by atoms with E-state index < -0.39 is 5.97 Å². The number of carbonyl (C=O) groups is 1. The summed E-state index contributed by atoms with van der Waals surface area (Å²) in [5, 5.41) is 19.2. The van der Waals surface area contributed by atoms with Crippen LogP contribution in [0.15, 0.2) is 18.2 Å². The van der Waals surface area contributed by atoms with Gasteiger partial charge in [-0.3, -0.25) is 0 Å². The lowest BCUT2D eigenvalue weighted by atomic mass is 10.2. The largest absolute Gasteiger partial charge is 0.504 e. The summed E-state index contributed by atoms with van der Waals surface area (Å²) >= 11 is 1.21. The van der Waals surface area contributed by atoms with Gasteiger partial charge in [0.2, 0.25) is 0 Å². The summed E-state index contributed by atoms with van der Waals surface area (Å²) in [4.78, 5) is 11.7. The molecular formula is C10H8O4S. The van der Waals surface area contributed by atoms with E-state index in [0.29, 0.717) is 10.3 Å². The molecule has 0 aliphatic heterocycles. The van der Waals surface area contributed by atoms with Crippen molar-refractivity contribution in [2.75, 3.05) is 7.11 Å². The summed E-state index contributed by atoms with van der Waals surface area (Å²) in [7, 11) is 1.31. The van der Waals surface area contributed by atoms with Crippen molar-refractivity contribution in [1.29, 1.82) is 0 Å². The number of esters is 1. The third-order valence-electron chi connectivity index (χ3n) is 2.00. The molecule has 0 atom stereocenters. The molecular weight excluding hydrogens is 216 g/mol. The molecule has 15 heavy (non-hydrogen) atoms. The van der Waals surface area contributed by atoms with E-state index in [4.69, 9.17) is 0 Å². The zero-order chi connectivity index (χ0) is 11.0. The van der Waals surface area contributed by atoms with Crippen molar-refractivity contribution in [3.05, 3.63) is 23.1 Å². The monoisotopic (exact) mass is 224 g/mol. The molecule has 5 heteroatoms. The van der Waals surface area contributed by atoms with E-state index in [1.807, 2.05) is 0 Å². The summed E-state index contributed by atoms with van der Waals surface area (Å²) in [6.45, 7) is 0. The van der Waals surface area contributed by atoms with Gasteiger partial charge in [0.05, 0.1) is 7.11 Å². The zero-order valence-corrected chi connectivity index (χ0v) is 8.67. The number of phenols is 2. The summed E-state index contributed by atoms with van der Waals surface area (Å²) in [6.07, 6.45) is 0. The molecule has 2 aromatic rings. The highest BCUT2D eigenvalue weighted by Gasteiger charge is 2.12. The van der Waals surface area contributed by atoms with Crippen LogP contribution >= 0.6 is 11.3 Å². The summed E-state index contributed by atoms with van der Waals surface area (Å²) in [5.41, 5.74) is 0. The van der Waals surface area contributed by atoms with E-state index in [9.17, 15) is 15.0 Å². The number of hydrogen-bond donors (Lipinski definition) is 2. The Hall–Kier alpha value is -1.75. The zero-order valence-electron chi connectivity index (χ0n) is 7.85. The van der Waals surface area contributed by atoms with Gasteiger partial charge in [0.25, 0.3) is 0 Å². The first-order chi connectivity index (χ1) is 7.11. The predicted molar refractivity (Wildman–Crippen MR) is 56.5 cm³/mol. The van der Waals surface area contributed by atoms with Gasteiger partial charge in [0, 0.05) is 10.8 Å². The van der Waals surface area contributed by atoms with Crippen LogP contribution in [0.5, 0.6) is 11.5 Å². The molecule has 0 amide bonds. The maximum absolute atomic E-state index is 11.2. The molecule has 2 rings (SSSR count). The minimum atomic E-state index is -0.421. The van der Waals surface area contributed by atoms with Crippen molar-refractivity contribution in [3.63, 3.8) is 0 Å². The summed E-state index contributed by atoms with van der Waals surface area (Å²) in [5.74, 6) is -0.812. The second-order valence-electron chi connectivity index (χ2n) is 2.98. The van der Waals surface area contributed by atoms with Crippen molar-refractivity contribution < 1.29 is 19.7 Å². The molecule has 4 nitrogen and oxygen atoms in total. The van der Waals surface area contributed by atoms with Gasteiger partial charge in [-0.05, 0) is 17.5 Å². The Morgan fingerprint density at radius 1 is 1.27 bits per heavy atom. The average molecular weight is 224 g/mol. The van der Waals surface area contributed by atoms with Crippen LogP contribution in [0.4, 0.5) is 0 Å². The van der Waals surface area contributed by atoms with Gasteiger partial charge >= 0.3 is 5.97 Å². The lowest BCUT2D eigenvalue weighted by molar-refractivity contribution is 0.0606. The minimum absolute atomic E-state index is 0.194. The summed E-state index contributed by atoms with van der Waals surface area (Å²) in [6, 6.07) is 4.44. The molecule has 2 N–H and O–H groups in total. The molecule has 1 heterocycles. The average Bonchev–Trinajstić information content (AvgIpc) is 2.60. The quantitative estimate of drug-likeness (QED) is 0.575. The number of rotatable bonds is 1. The molecule has 0 aliphatic carbocycles. The van der Waals surface area contributed by atoms with Crippen molar-refractivity contribution >= 4 is 27.4 Å². The third-order valence-corrected chi connectivity index (χ3v) is 3.08. The first-order valence-corrected chi connectivity index (χ1v) is 4.97. The fourth-order valence-corrected chi connectivity index (χ4v) is 2.26. The van der Waals surface area contributed by atoms with Gasteiger partial charge in [-0.1, -0.05) is 0 Å². The minimum Gasteiger partial charge on any atom is -0.504 e. The second kappa shape index (κ2) is 3.43. The van der Waals surface area contributed by atoms with E-state index in [2.05, 4.69) is 4.74 Å². The smallest absolute Gasteiger partial charge is 0.348 e. The summed E-state index contributed by atoms with van der Waals surface area (Å²) < 4.78 is 5.30. The molecule has 1 aromatic heterocycles.